The second-order valence-corrected chi connectivity index (χ2v) is 9.61. The standard InChI is InChI=1S/C18H16N10O5S3/c1-27-13(23-25-26-27)9(34)4-7-5-35-16-11(15(30)28(16)12(7)17(31)32)22-14(29)10(24-33-3-2-19)8-6-36-18(20)21-8/h4,6,11,16,34H,3,5H2,1H3,(H2,20,21)(H,22,29)(H,31,32). The maximum absolute atomic E-state index is 13.0. The number of fused-ring (bicyclic) bond motifs is 1. The van der Waals surface area contributed by atoms with Crippen molar-refractivity contribution in [3.63, 3.8) is 0 Å². The summed E-state index contributed by atoms with van der Waals surface area (Å²) < 4.78 is 1.37. The molecule has 2 aromatic rings. The zero-order valence-corrected chi connectivity index (χ0v) is 20.8. The van der Waals surface area contributed by atoms with Gasteiger partial charge in [0.2, 0.25) is 6.61 Å². The number of nitriles is 1. The van der Waals surface area contributed by atoms with E-state index < -0.39 is 35.8 Å². The molecular weight excluding hydrogens is 532 g/mol. The zero-order valence-electron chi connectivity index (χ0n) is 18.2. The molecule has 0 aromatic carbocycles. The van der Waals surface area contributed by atoms with E-state index in [-0.39, 0.29) is 28.0 Å². The number of rotatable bonds is 8. The number of thiazole rings is 1. The van der Waals surface area contributed by atoms with Crippen LogP contribution in [0.15, 0.2) is 27.9 Å². The molecular formula is C18H16N10O5S3. The third kappa shape index (κ3) is 4.75. The molecule has 2 unspecified atom stereocenters. The molecule has 0 spiro atoms. The Morgan fingerprint density at radius 2 is 2.31 bits per heavy atom. The minimum Gasteiger partial charge on any atom is -0.477 e. The van der Waals surface area contributed by atoms with E-state index in [1.807, 2.05) is 0 Å². The van der Waals surface area contributed by atoms with E-state index in [1.165, 1.54) is 27.9 Å². The molecule has 15 nitrogen and oxygen atoms in total. The van der Waals surface area contributed by atoms with Gasteiger partial charge in [0.05, 0.1) is 4.91 Å². The number of nitrogens with zero attached hydrogens (tertiary/aromatic N) is 8. The molecule has 4 N–H and O–H groups in total. The first-order valence-corrected chi connectivity index (χ1v) is 12.2. The van der Waals surface area contributed by atoms with Crippen LogP contribution in [0, 0.1) is 11.3 Å². The molecule has 0 saturated carbocycles. The number of carbonyl (C=O) groups excluding carboxylic acids is 2. The van der Waals surface area contributed by atoms with Crippen LogP contribution in [0.4, 0.5) is 5.13 Å². The maximum Gasteiger partial charge on any atom is 0.352 e. The van der Waals surface area contributed by atoms with Gasteiger partial charge in [-0.2, -0.15) is 5.26 Å². The van der Waals surface area contributed by atoms with Crippen molar-refractivity contribution in [3.8, 4) is 6.07 Å². The summed E-state index contributed by atoms with van der Waals surface area (Å²) in [6.45, 7) is -0.411. The van der Waals surface area contributed by atoms with Gasteiger partial charge in [0.1, 0.15) is 28.9 Å². The highest BCUT2D eigenvalue weighted by Crippen LogP contribution is 2.41. The average molecular weight is 549 g/mol. The fraction of sp³-hybridized carbons (Fsp3) is 0.278. The number of thioether (sulfide) groups is 1. The minimum atomic E-state index is -1.31. The van der Waals surface area contributed by atoms with Crippen molar-refractivity contribution in [1.82, 2.24) is 35.4 Å². The number of thiol groups is 1. The number of allylic oxidation sites excluding steroid dienone is 1. The third-order valence-electron chi connectivity index (χ3n) is 4.91. The minimum absolute atomic E-state index is 0.103. The fourth-order valence-electron chi connectivity index (χ4n) is 3.37. The van der Waals surface area contributed by atoms with E-state index >= 15 is 0 Å². The SMILES string of the molecule is Cn1nnnc1C(S)=CC1=C(C(=O)O)N2C(=O)C(NC(=O)C(=NOCC#N)c3csc(N)n3)C2SC1. The van der Waals surface area contributed by atoms with Gasteiger partial charge in [-0.15, -0.1) is 40.8 Å². The molecule has 4 heterocycles. The first-order chi connectivity index (χ1) is 17.2. The Morgan fingerprint density at radius 1 is 1.53 bits per heavy atom. The molecule has 2 aliphatic rings. The number of hydrogen-bond acceptors (Lipinski definition) is 14. The van der Waals surface area contributed by atoms with Crippen LogP contribution in [-0.2, 0) is 26.3 Å². The average Bonchev–Trinajstić information content (AvgIpc) is 3.47. The number of tetrazole rings is 1. The van der Waals surface area contributed by atoms with E-state index in [1.54, 1.807) is 13.1 Å². The van der Waals surface area contributed by atoms with Gasteiger partial charge >= 0.3 is 5.97 Å². The number of carboxylic acids is 1. The predicted molar refractivity (Wildman–Crippen MR) is 130 cm³/mol. The van der Waals surface area contributed by atoms with Gasteiger partial charge in [0, 0.05) is 18.2 Å². The summed E-state index contributed by atoms with van der Waals surface area (Å²) in [6, 6.07) is 0.691. The molecule has 0 aliphatic carbocycles. The Labute approximate surface area is 216 Å². The summed E-state index contributed by atoms with van der Waals surface area (Å²) in [4.78, 5) is 48.2. The number of carbonyl (C=O) groups is 3. The van der Waals surface area contributed by atoms with Crippen LogP contribution in [0.1, 0.15) is 11.5 Å². The van der Waals surface area contributed by atoms with Gasteiger partial charge in [-0.05, 0) is 22.1 Å². The largest absolute Gasteiger partial charge is 0.477 e. The van der Waals surface area contributed by atoms with Gasteiger partial charge in [-0.3, -0.25) is 14.5 Å². The van der Waals surface area contributed by atoms with Gasteiger partial charge in [-0.25, -0.2) is 14.5 Å². The number of aryl methyl sites for hydroxylation is 1. The molecule has 0 bridgehead atoms. The smallest absolute Gasteiger partial charge is 0.352 e. The first-order valence-electron chi connectivity index (χ1n) is 9.86. The number of β-lactam (4-membered cyclic amide) rings is 1. The Hall–Kier alpha value is -3.95. The van der Waals surface area contributed by atoms with E-state index in [2.05, 4.69) is 43.6 Å². The van der Waals surface area contributed by atoms with Crippen molar-refractivity contribution in [2.75, 3.05) is 18.1 Å². The summed E-state index contributed by atoms with van der Waals surface area (Å²) in [6.07, 6.45) is 1.49. The Morgan fingerprint density at radius 3 is 2.92 bits per heavy atom. The van der Waals surface area contributed by atoms with Gasteiger partial charge < -0.3 is 21.0 Å². The van der Waals surface area contributed by atoms with Crippen molar-refractivity contribution in [2.24, 2.45) is 12.2 Å². The highest BCUT2D eigenvalue weighted by Gasteiger charge is 2.54. The number of hydrogen-bond donors (Lipinski definition) is 4. The molecule has 4 rings (SSSR count). The molecule has 36 heavy (non-hydrogen) atoms. The number of nitrogens with two attached hydrogens (primary N) is 1. The first kappa shape index (κ1) is 25.2. The number of carboxylic acid groups (broad SMARTS) is 1. The molecule has 2 aliphatic heterocycles. The number of aromatic nitrogens is 5. The molecule has 18 heteroatoms. The lowest BCUT2D eigenvalue weighted by atomic mass is 10.0. The third-order valence-corrected chi connectivity index (χ3v) is 7.22. The van der Waals surface area contributed by atoms with E-state index in [0.717, 1.165) is 16.2 Å². The molecule has 1 fully saturated rings. The maximum atomic E-state index is 13.0. The number of amides is 2. The highest BCUT2D eigenvalue weighted by molar-refractivity contribution is 8.00. The molecule has 2 amide bonds. The van der Waals surface area contributed by atoms with Gasteiger partial charge in [0.25, 0.3) is 11.8 Å². The number of aliphatic carboxylic acids is 1. The van der Waals surface area contributed by atoms with Crippen LogP contribution in [-0.4, -0.2) is 82.5 Å². The van der Waals surface area contributed by atoms with Crippen LogP contribution < -0.4 is 11.1 Å². The van der Waals surface area contributed by atoms with Crippen molar-refractivity contribution >= 4 is 69.3 Å². The molecule has 2 atom stereocenters. The van der Waals surface area contributed by atoms with Gasteiger partial charge in [0.15, 0.2) is 16.7 Å². The normalized spacial score (nSPS) is 19.9. The molecule has 1 saturated heterocycles. The lowest BCUT2D eigenvalue weighted by molar-refractivity contribution is -0.150. The van der Waals surface area contributed by atoms with E-state index in [9.17, 15) is 19.5 Å². The monoisotopic (exact) mass is 548 g/mol. The van der Waals surface area contributed by atoms with Crippen molar-refractivity contribution in [1.29, 1.82) is 5.26 Å². The van der Waals surface area contributed by atoms with Crippen LogP contribution in [0.25, 0.3) is 4.91 Å². The van der Waals surface area contributed by atoms with Crippen molar-refractivity contribution < 1.29 is 24.3 Å². The quantitative estimate of drug-likeness (QED) is 0.105. The number of nitrogen functional groups attached to an aromatic ring is 1. The van der Waals surface area contributed by atoms with Crippen LogP contribution in [0.5, 0.6) is 0 Å². The molecule has 0 radical (unpaired) electrons. The Kier molecular flexibility index (Phi) is 7.23. The molecule has 2 aromatic heterocycles. The van der Waals surface area contributed by atoms with E-state index in [0.29, 0.717) is 16.3 Å². The van der Waals surface area contributed by atoms with Crippen LogP contribution >= 0.6 is 35.7 Å². The predicted octanol–water partition coefficient (Wildman–Crippen LogP) is -0.797. The second kappa shape index (κ2) is 10.3. The highest BCUT2D eigenvalue weighted by atomic mass is 32.2. The van der Waals surface area contributed by atoms with Crippen molar-refractivity contribution in [3.05, 3.63) is 34.2 Å². The summed E-state index contributed by atoms with van der Waals surface area (Å²) in [7, 11) is 1.60. The number of anilines is 1. The van der Waals surface area contributed by atoms with E-state index in [4.69, 9.17) is 15.8 Å². The number of nitrogens with one attached hydrogen (secondary N) is 1. The topological polar surface area (TPSA) is 215 Å². The molecule has 186 valence electrons. The lowest BCUT2D eigenvalue weighted by Crippen LogP contribution is -2.71. The van der Waals surface area contributed by atoms with Crippen molar-refractivity contribution in [2.45, 2.75) is 11.4 Å². The summed E-state index contributed by atoms with van der Waals surface area (Å²) >= 11 is 6.69. The summed E-state index contributed by atoms with van der Waals surface area (Å²) in [5, 5.41) is 36.8. The Bertz CT molecular complexity index is 1370. The zero-order chi connectivity index (χ0) is 26.0. The number of oxime groups is 1. The summed E-state index contributed by atoms with van der Waals surface area (Å²) in [5.74, 6) is -2.20. The van der Waals surface area contributed by atoms with Gasteiger partial charge in [-0.1, -0.05) is 5.16 Å². The lowest BCUT2D eigenvalue weighted by Gasteiger charge is -2.49. The van der Waals surface area contributed by atoms with Crippen LogP contribution in [0.2, 0.25) is 0 Å². The summed E-state index contributed by atoms with van der Waals surface area (Å²) in [5.41, 5.74) is 5.56. The second-order valence-electron chi connectivity index (χ2n) is 7.14. The fourth-order valence-corrected chi connectivity index (χ4v) is 5.56. The van der Waals surface area contributed by atoms with Crippen LogP contribution in [0.3, 0.4) is 0 Å². The Balaban J connectivity index is 1.56.